The highest BCUT2D eigenvalue weighted by Crippen LogP contribution is 2.30. The van der Waals surface area contributed by atoms with E-state index in [0.717, 1.165) is 24.1 Å². The van der Waals surface area contributed by atoms with Crippen molar-refractivity contribution in [1.29, 1.82) is 0 Å². The van der Waals surface area contributed by atoms with Crippen LogP contribution in [0, 0.1) is 13.8 Å². The summed E-state index contributed by atoms with van der Waals surface area (Å²) in [6.07, 6.45) is 1.60. The number of aryl methyl sites for hydroxylation is 2. The van der Waals surface area contributed by atoms with E-state index in [1.165, 1.54) is 0 Å². The topological polar surface area (TPSA) is 55.4 Å². The van der Waals surface area contributed by atoms with E-state index in [1.54, 1.807) is 19.2 Å². The molecular formula is C13H19NO3S. The van der Waals surface area contributed by atoms with Crippen molar-refractivity contribution < 1.29 is 13.2 Å². The summed E-state index contributed by atoms with van der Waals surface area (Å²) in [5.74, 6) is 0.698. The van der Waals surface area contributed by atoms with Gasteiger partial charge in [-0.1, -0.05) is 0 Å². The van der Waals surface area contributed by atoms with Gasteiger partial charge in [-0.3, -0.25) is 0 Å². The van der Waals surface area contributed by atoms with Crippen LogP contribution in [0.3, 0.4) is 0 Å². The molecule has 1 unspecified atom stereocenters. The minimum Gasteiger partial charge on any atom is -0.497 e. The maximum absolute atomic E-state index is 12.6. The first-order valence-electron chi connectivity index (χ1n) is 6.09. The molecule has 0 bridgehead atoms. The second-order valence-electron chi connectivity index (χ2n) is 4.72. The molecule has 1 aliphatic rings. The lowest BCUT2D eigenvalue weighted by molar-refractivity contribution is 0.413. The zero-order valence-electron chi connectivity index (χ0n) is 11.0. The Labute approximate surface area is 108 Å². The van der Waals surface area contributed by atoms with Crippen LogP contribution in [0.2, 0.25) is 0 Å². The molecule has 100 valence electrons. The normalized spacial score (nSPS) is 20.1. The maximum atomic E-state index is 12.6. The third-order valence-electron chi connectivity index (χ3n) is 3.34. The van der Waals surface area contributed by atoms with Crippen molar-refractivity contribution in [3.8, 4) is 5.75 Å². The van der Waals surface area contributed by atoms with Gasteiger partial charge in [0.25, 0.3) is 0 Å². The average Bonchev–Trinajstić information content (AvgIpc) is 2.81. The SMILES string of the molecule is COc1cc(C)c(S(=O)(=O)C2CCCN2)c(C)c1. The molecule has 2 rings (SSSR count). The zero-order valence-corrected chi connectivity index (χ0v) is 11.8. The van der Waals surface area contributed by atoms with Crippen LogP contribution in [0.15, 0.2) is 17.0 Å². The Kier molecular flexibility index (Phi) is 3.64. The van der Waals surface area contributed by atoms with E-state index in [1.807, 2.05) is 13.8 Å². The Bertz CT molecular complexity index is 522. The Morgan fingerprint density at radius 1 is 1.28 bits per heavy atom. The predicted molar refractivity (Wildman–Crippen MR) is 70.7 cm³/mol. The number of hydrogen-bond donors (Lipinski definition) is 1. The summed E-state index contributed by atoms with van der Waals surface area (Å²) >= 11 is 0. The number of ether oxygens (including phenoxy) is 1. The molecule has 1 saturated heterocycles. The molecule has 0 spiro atoms. The second-order valence-corrected chi connectivity index (χ2v) is 6.79. The molecule has 1 aromatic carbocycles. The van der Waals surface area contributed by atoms with Gasteiger partial charge in [-0.25, -0.2) is 8.42 Å². The van der Waals surface area contributed by atoms with Gasteiger partial charge in [0, 0.05) is 0 Å². The third kappa shape index (κ3) is 2.24. The lowest BCUT2D eigenvalue weighted by atomic mass is 10.1. The van der Waals surface area contributed by atoms with Crippen LogP contribution in [0.5, 0.6) is 5.75 Å². The fraction of sp³-hybridized carbons (Fsp3) is 0.538. The van der Waals surface area contributed by atoms with Gasteiger partial charge in [-0.2, -0.15) is 0 Å². The Morgan fingerprint density at radius 2 is 1.89 bits per heavy atom. The summed E-state index contributed by atoms with van der Waals surface area (Å²) in [5, 5.41) is 2.62. The largest absolute Gasteiger partial charge is 0.497 e. The molecule has 1 heterocycles. The van der Waals surface area contributed by atoms with Gasteiger partial charge >= 0.3 is 0 Å². The monoisotopic (exact) mass is 269 g/mol. The van der Waals surface area contributed by atoms with Crippen molar-refractivity contribution in [3.05, 3.63) is 23.3 Å². The van der Waals surface area contributed by atoms with Crippen LogP contribution in [0.4, 0.5) is 0 Å². The van der Waals surface area contributed by atoms with Gasteiger partial charge in [0.2, 0.25) is 0 Å². The molecule has 1 atom stereocenters. The number of nitrogens with one attached hydrogen (secondary N) is 1. The van der Waals surface area contributed by atoms with E-state index >= 15 is 0 Å². The summed E-state index contributed by atoms with van der Waals surface area (Å²) in [5.41, 5.74) is 1.50. The molecule has 0 aromatic heterocycles. The molecule has 0 saturated carbocycles. The summed E-state index contributed by atoms with van der Waals surface area (Å²) < 4.78 is 30.3. The van der Waals surface area contributed by atoms with E-state index in [9.17, 15) is 8.42 Å². The van der Waals surface area contributed by atoms with Crippen molar-refractivity contribution in [2.75, 3.05) is 13.7 Å². The number of sulfone groups is 1. The van der Waals surface area contributed by atoms with E-state index in [0.29, 0.717) is 17.1 Å². The van der Waals surface area contributed by atoms with Crippen molar-refractivity contribution in [2.24, 2.45) is 0 Å². The third-order valence-corrected chi connectivity index (χ3v) is 5.71. The molecule has 0 aliphatic carbocycles. The van der Waals surface area contributed by atoms with Gasteiger partial charge in [0.05, 0.1) is 12.0 Å². The molecule has 5 heteroatoms. The van der Waals surface area contributed by atoms with E-state index in [-0.39, 0.29) is 0 Å². The first kappa shape index (κ1) is 13.4. The van der Waals surface area contributed by atoms with Gasteiger partial charge in [-0.15, -0.1) is 0 Å². The maximum Gasteiger partial charge on any atom is 0.194 e. The van der Waals surface area contributed by atoms with Gasteiger partial charge < -0.3 is 10.1 Å². The molecule has 1 aromatic rings. The van der Waals surface area contributed by atoms with Crippen LogP contribution >= 0.6 is 0 Å². The van der Waals surface area contributed by atoms with Crippen molar-refractivity contribution >= 4 is 9.84 Å². The van der Waals surface area contributed by atoms with E-state index < -0.39 is 15.2 Å². The summed E-state index contributed by atoms with van der Waals surface area (Å²) in [7, 11) is -1.71. The van der Waals surface area contributed by atoms with Crippen molar-refractivity contribution in [2.45, 2.75) is 37.0 Å². The quantitative estimate of drug-likeness (QED) is 0.909. The predicted octanol–water partition coefficient (Wildman–Crippen LogP) is 1.80. The molecule has 1 fully saturated rings. The second kappa shape index (κ2) is 4.90. The molecular weight excluding hydrogens is 250 g/mol. The highest BCUT2D eigenvalue weighted by atomic mass is 32.2. The zero-order chi connectivity index (χ0) is 13.3. The average molecular weight is 269 g/mol. The molecule has 0 radical (unpaired) electrons. The minimum absolute atomic E-state index is 0.441. The van der Waals surface area contributed by atoms with E-state index in [4.69, 9.17) is 4.74 Å². The van der Waals surface area contributed by atoms with Crippen LogP contribution < -0.4 is 10.1 Å². The molecule has 18 heavy (non-hydrogen) atoms. The number of methoxy groups -OCH3 is 1. The molecule has 0 amide bonds. The Hall–Kier alpha value is -1.07. The van der Waals surface area contributed by atoms with Gasteiger partial charge in [0.1, 0.15) is 11.1 Å². The Morgan fingerprint density at radius 3 is 2.33 bits per heavy atom. The summed E-state index contributed by atoms with van der Waals surface area (Å²) in [6.45, 7) is 4.41. The minimum atomic E-state index is -3.29. The van der Waals surface area contributed by atoms with E-state index in [2.05, 4.69) is 5.32 Å². The smallest absolute Gasteiger partial charge is 0.194 e. The summed E-state index contributed by atoms with van der Waals surface area (Å²) in [4.78, 5) is 0.447. The standard InChI is InChI=1S/C13H19NO3S/c1-9-7-11(17-3)8-10(2)13(9)18(15,16)12-5-4-6-14-12/h7-8,12,14H,4-6H2,1-3H3. The van der Waals surface area contributed by atoms with Crippen molar-refractivity contribution in [3.63, 3.8) is 0 Å². The first-order chi connectivity index (χ1) is 8.46. The van der Waals surface area contributed by atoms with Crippen LogP contribution in [-0.4, -0.2) is 27.4 Å². The fourth-order valence-electron chi connectivity index (χ4n) is 2.54. The van der Waals surface area contributed by atoms with Gasteiger partial charge in [-0.05, 0) is 56.5 Å². The Balaban J connectivity index is 2.50. The van der Waals surface area contributed by atoms with Crippen LogP contribution in [-0.2, 0) is 9.84 Å². The first-order valence-corrected chi connectivity index (χ1v) is 7.64. The van der Waals surface area contributed by atoms with Gasteiger partial charge in [0.15, 0.2) is 9.84 Å². The number of benzene rings is 1. The summed E-state index contributed by atoms with van der Waals surface area (Å²) in [6, 6.07) is 3.55. The molecule has 1 N–H and O–H groups in total. The van der Waals surface area contributed by atoms with Crippen LogP contribution in [0.25, 0.3) is 0 Å². The lowest BCUT2D eigenvalue weighted by Crippen LogP contribution is -2.31. The molecule has 4 nitrogen and oxygen atoms in total. The van der Waals surface area contributed by atoms with Crippen LogP contribution in [0.1, 0.15) is 24.0 Å². The highest BCUT2D eigenvalue weighted by Gasteiger charge is 2.32. The fourth-order valence-corrected chi connectivity index (χ4v) is 4.65. The molecule has 1 aliphatic heterocycles. The van der Waals surface area contributed by atoms with Crippen molar-refractivity contribution in [1.82, 2.24) is 5.32 Å². The number of hydrogen-bond acceptors (Lipinski definition) is 4. The number of rotatable bonds is 3. The highest BCUT2D eigenvalue weighted by molar-refractivity contribution is 7.92. The lowest BCUT2D eigenvalue weighted by Gasteiger charge is -2.17.